The molecule has 0 aromatic heterocycles. The lowest BCUT2D eigenvalue weighted by molar-refractivity contribution is -0.0650. The number of aliphatic hydroxyl groups is 1. The van der Waals surface area contributed by atoms with Gasteiger partial charge in [-0.1, -0.05) is 44.5 Å². The van der Waals surface area contributed by atoms with Crippen LogP contribution in [0.2, 0.25) is 0 Å². The van der Waals surface area contributed by atoms with Crippen molar-refractivity contribution >= 4 is 0 Å². The second-order valence-electron chi connectivity index (χ2n) is 7.87. The average Bonchev–Trinajstić information content (AvgIpc) is 2.78. The Kier molecular flexibility index (Phi) is 3.37. The maximum Gasteiger partial charge on any atom is 0.0940 e. The summed E-state index contributed by atoms with van der Waals surface area (Å²) in [4.78, 5) is 0. The molecular formula is C19H25NO. The van der Waals surface area contributed by atoms with Crippen molar-refractivity contribution in [3.63, 3.8) is 0 Å². The summed E-state index contributed by atoms with van der Waals surface area (Å²) >= 11 is 0. The van der Waals surface area contributed by atoms with Crippen LogP contribution in [-0.2, 0) is 12.8 Å². The van der Waals surface area contributed by atoms with Gasteiger partial charge in [-0.2, -0.15) is 5.26 Å². The van der Waals surface area contributed by atoms with E-state index in [0.717, 1.165) is 32.1 Å². The maximum absolute atomic E-state index is 11.4. The summed E-state index contributed by atoms with van der Waals surface area (Å²) in [5.41, 5.74) is 1.31. The first kappa shape index (κ1) is 14.6. The largest absolute Gasteiger partial charge is 0.388 e. The summed E-state index contributed by atoms with van der Waals surface area (Å²) in [6.07, 6.45) is 6.09. The molecule has 1 fully saturated rings. The molecule has 1 N–H and O–H groups in total. The van der Waals surface area contributed by atoms with E-state index in [1.54, 1.807) is 0 Å². The van der Waals surface area contributed by atoms with Gasteiger partial charge in [0.05, 0.1) is 17.1 Å². The van der Waals surface area contributed by atoms with Gasteiger partial charge in [0.25, 0.3) is 0 Å². The number of hydrogen-bond acceptors (Lipinski definition) is 2. The van der Waals surface area contributed by atoms with E-state index in [-0.39, 0.29) is 5.41 Å². The number of rotatable bonds is 1. The molecule has 0 radical (unpaired) electrons. The first-order chi connectivity index (χ1) is 9.90. The highest BCUT2D eigenvalue weighted by molar-refractivity contribution is 5.39. The van der Waals surface area contributed by atoms with Gasteiger partial charge in [0.2, 0.25) is 0 Å². The molecule has 2 nitrogen and oxygen atoms in total. The van der Waals surface area contributed by atoms with Crippen LogP contribution >= 0.6 is 0 Å². The van der Waals surface area contributed by atoms with Crippen molar-refractivity contribution in [3.05, 3.63) is 35.4 Å². The Balaban J connectivity index is 1.93. The van der Waals surface area contributed by atoms with Crippen molar-refractivity contribution in [2.24, 2.45) is 10.8 Å². The van der Waals surface area contributed by atoms with E-state index in [1.165, 1.54) is 11.1 Å². The molecule has 0 heterocycles. The van der Waals surface area contributed by atoms with E-state index >= 15 is 0 Å². The Morgan fingerprint density at radius 1 is 1.00 bits per heavy atom. The maximum atomic E-state index is 11.4. The van der Waals surface area contributed by atoms with Gasteiger partial charge in [-0.05, 0) is 55.1 Å². The zero-order valence-electron chi connectivity index (χ0n) is 13.2. The van der Waals surface area contributed by atoms with Gasteiger partial charge in [0.15, 0.2) is 0 Å². The quantitative estimate of drug-likeness (QED) is 0.791. The summed E-state index contributed by atoms with van der Waals surface area (Å²) in [6.45, 7) is 4.56. The van der Waals surface area contributed by atoms with E-state index < -0.39 is 11.0 Å². The van der Waals surface area contributed by atoms with Crippen molar-refractivity contribution in [1.29, 1.82) is 5.26 Å². The smallest absolute Gasteiger partial charge is 0.0940 e. The van der Waals surface area contributed by atoms with Crippen LogP contribution in [0.15, 0.2) is 24.3 Å². The van der Waals surface area contributed by atoms with Crippen molar-refractivity contribution in [2.45, 2.75) is 64.4 Å². The third-order valence-electron chi connectivity index (χ3n) is 5.87. The molecule has 21 heavy (non-hydrogen) atoms. The Hall–Kier alpha value is -1.33. The van der Waals surface area contributed by atoms with E-state index in [1.807, 2.05) is 12.1 Å². The molecule has 0 aliphatic heterocycles. The fraction of sp³-hybridized carbons (Fsp3) is 0.632. The molecule has 0 amide bonds. The zero-order valence-corrected chi connectivity index (χ0v) is 13.2. The topological polar surface area (TPSA) is 44.0 Å². The predicted molar refractivity (Wildman–Crippen MR) is 83.7 cm³/mol. The standard InChI is InChI=1S/C19H25NO/c1-17(2)8-5-9-19(21,11-10-17)18(14-20)12-15-6-3-4-7-16(15)13-18/h3-4,6-7,21H,5,8-13H2,1-2H3. The number of fused-ring (bicyclic) bond motifs is 1. The lowest BCUT2D eigenvalue weighted by Crippen LogP contribution is -2.48. The number of hydrogen-bond donors (Lipinski definition) is 1. The van der Waals surface area contributed by atoms with Crippen LogP contribution in [0.1, 0.15) is 57.1 Å². The van der Waals surface area contributed by atoms with Gasteiger partial charge < -0.3 is 5.11 Å². The molecule has 1 unspecified atom stereocenters. The average molecular weight is 283 g/mol. The fourth-order valence-electron chi connectivity index (χ4n) is 4.26. The summed E-state index contributed by atoms with van der Waals surface area (Å²) in [7, 11) is 0. The highest BCUT2D eigenvalue weighted by Gasteiger charge is 2.54. The molecule has 2 heteroatoms. The third kappa shape index (κ3) is 2.38. The third-order valence-corrected chi connectivity index (χ3v) is 5.87. The molecule has 0 bridgehead atoms. The Morgan fingerprint density at radius 3 is 2.19 bits per heavy atom. The van der Waals surface area contributed by atoms with Gasteiger partial charge in [-0.15, -0.1) is 0 Å². The molecule has 1 saturated carbocycles. The number of benzene rings is 1. The summed E-state index contributed by atoms with van der Waals surface area (Å²) < 4.78 is 0. The first-order valence-corrected chi connectivity index (χ1v) is 8.10. The second-order valence-corrected chi connectivity index (χ2v) is 7.87. The van der Waals surface area contributed by atoms with Gasteiger partial charge in [0, 0.05) is 0 Å². The molecule has 2 aliphatic carbocycles. The van der Waals surface area contributed by atoms with Crippen LogP contribution in [-0.4, -0.2) is 10.7 Å². The monoisotopic (exact) mass is 283 g/mol. The summed E-state index contributed by atoms with van der Waals surface area (Å²) in [6, 6.07) is 10.8. The van der Waals surface area contributed by atoms with Gasteiger partial charge in [0.1, 0.15) is 0 Å². The van der Waals surface area contributed by atoms with Crippen LogP contribution < -0.4 is 0 Å². The molecule has 3 rings (SSSR count). The summed E-state index contributed by atoms with van der Waals surface area (Å²) in [5, 5.41) is 21.3. The molecule has 2 aliphatic rings. The normalized spacial score (nSPS) is 30.2. The Bertz CT molecular complexity index is 558. The van der Waals surface area contributed by atoms with Crippen molar-refractivity contribution < 1.29 is 5.11 Å². The van der Waals surface area contributed by atoms with Crippen LogP contribution in [0.5, 0.6) is 0 Å². The minimum absolute atomic E-state index is 0.284. The predicted octanol–water partition coefficient (Wildman–Crippen LogP) is 4.02. The van der Waals surface area contributed by atoms with E-state index in [9.17, 15) is 10.4 Å². The van der Waals surface area contributed by atoms with Crippen LogP contribution in [0.3, 0.4) is 0 Å². The van der Waals surface area contributed by atoms with Gasteiger partial charge in [-0.25, -0.2) is 0 Å². The lowest BCUT2D eigenvalue weighted by atomic mass is 9.66. The zero-order chi connectivity index (χ0) is 15.1. The molecule has 112 valence electrons. The van der Waals surface area contributed by atoms with E-state index in [4.69, 9.17) is 0 Å². The molecule has 1 aromatic rings. The summed E-state index contributed by atoms with van der Waals surface area (Å²) in [5.74, 6) is 0. The molecule has 0 saturated heterocycles. The van der Waals surface area contributed by atoms with Crippen LogP contribution in [0.25, 0.3) is 0 Å². The van der Waals surface area contributed by atoms with Crippen molar-refractivity contribution in [1.82, 2.24) is 0 Å². The van der Waals surface area contributed by atoms with Crippen LogP contribution in [0.4, 0.5) is 0 Å². The molecular weight excluding hydrogens is 258 g/mol. The van der Waals surface area contributed by atoms with E-state index in [2.05, 4.69) is 32.0 Å². The van der Waals surface area contributed by atoms with Crippen molar-refractivity contribution in [3.8, 4) is 6.07 Å². The van der Waals surface area contributed by atoms with Gasteiger partial charge in [-0.3, -0.25) is 0 Å². The highest BCUT2D eigenvalue weighted by atomic mass is 16.3. The minimum Gasteiger partial charge on any atom is -0.388 e. The van der Waals surface area contributed by atoms with Gasteiger partial charge >= 0.3 is 0 Å². The van der Waals surface area contributed by atoms with E-state index in [0.29, 0.717) is 12.8 Å². The molecule has 1 atom stereocenters. The number of nitriles is 1. The number of nitrogens with zero attached hydrogens (tertiary/aromatic N) is 1. The molecule has 1 aromatic carbocycles. The second kappa shape index (κ2) is 4.85. The van der Waals surface area contributed by atoms with Crippen LogP contribution in [0, 0.1) is 22.2 Å². The Labute approximate surface area is 127 Å². The Morgan fingerprint density at radius 2 is 1.62 bits per heavy atom. The highest BCUT2D eigenvalue weighted by Crippen LogP contribution is 2.51. The van der Waals surface area contributed by atoms with Crippen molar-refractivity contribution in [2.75, 3.05) is 0 Å². The fourth-order valence-corrected chi connectivity index (χ4v) is 4.26. The lowest BCUT2D eigenvalue weighted by Gasteiger charge is -2.40. The minimum atomic E-state index is -0.839. The molecule has 0 spiro atoms. The first-order valence-electron chi connectivity index (χ1n) is 8.10. The SMILES string of the molecule is CC1(C)CCCC(O)(C2(C#N)Cc3ccccc3C2)CC1.